The zero-order chi connectivity index (χ0) is 10.8. The molecule has 1 heterocycles. The first-order chi connectivity index (χ1) is 6.42. The first-order valence-electron chi connectivity index (χ1n) is 4.28. The third-order valence-electron chi connectivity index (χ3n) is 1.40. The van der Waals surface area contributed by atoms with Gasteiger partial charge < -0.3 is 9.16 Å². The summed E-state index contributed by atoms with van der Waals surface area (Å²) in [5.41, 5.74) is 0.561. The third kappa shape index (κ3) is 3.15. The summed E-state index contributed by atoms with van der Waals surface area (Å²) in [6.07, 6.45) is 0. The highest BCUT2D eigenvalue weighted by molar-refractivity contribution is 7.12. The molecular formula is C9H14O3SSi. The molecule has 78 valence electrons. The van der Waals surface area contributed by atoms with Gasteiger partial charge in [-0.15, -0.1) is 11.3 Å². The van der Waals surface area contributed by atoms with Crippen molar-refractivity contribution >= 4 is 25.6 Å². The van der Waals surface area contributed by atoms with Crippen LogP contribution in [0.15, 0.2) is 11.4 Å². The van der Waals surface area contributed by atoms with Gasteiger partial charge in [-0.05, 0) is 19.6 Å². The number of thiophene rings is 1. The van der Waals surface area contributed by atoms with Crippen LogP contribution in [-0.4, -0.2) is 21.4 Å². The molecule has 0 saturated heterocycles. The number of methoxy groups -OCH3 is 1. The Bertz CT molecular complexity index is 327. The van der Waals surface area contributed by atoms with Crippen LogP contribution in [0.25, 0.3) is 0 Å². The van der Waals surface area contributed by atoms with Gasteiger partial charge in [0.2, 0.25) is 8.32 Å². The van der Waals surface area contributed by atoms with Crippen LogP contribution in [0.5, 0.6) is 5.06 Å². The predicted molar refractivity (Wildman–Crippen MR) is 59.6 cm³/mol. The second-order valence-electron chi connectivity index (χ2n) is 3.86. The van der Waals surface area contributed by atoms with Crippen LogP contribution in [0.3, 0.4) is 0 Å². The minimum absolute atomic E-state index is 0.313. The summed E-state index contributed by atoms with van der Waals surface area (Å²) in [6.45, 7) is 6.31. The summed E-state index contributed by atoms with van der Waals surface area (Å²) < 4.78 is 10.3. The zero-order valence-corrected chi connectivity index (χ0v) is 10.6. The smallest absolute Gasteiger partial charge is 0.338 e. The fourth-order valence-electron chi connectivity index (χ4n) is 0.897. The average Bonchev–Trinajstić information content (AvgIpc) is 2.48. The van der Waals surface area contributed by atoms with Crippen molar-refractivity contribution in [3.8, 4) is 5.06 Å². The predicted octanol–water partition coefficient (Wildman–Crippen LogP) is 2.75. The number of hydrogen-bond acceptors (Lipinski definition) is 4. The number of carbonyl (C=O) groups excluding carboxylic acids is 1. The normalized spacial score (nSPS) is 11.1. The summed E-state index contributed by atoms with van der Waals surface area (Å²) in [5.74, 6) is -0.313. The molecule has 0 spiro atoms. The summed E-state index contributed by atoms with van der Waals surface area (Å²) >= 11 is 1.43. The van der Waals surface area contributed by atoms with Gasteiger partial charge in [0, 0.05) is 11.4 Å². The highest BCUT2D eigenvalue weighted by atomic mass is 32.1. The highest BCUT2D eigenvalue weighted by Gasteiger charge is 2.18. The molecule has 5 heteroatoms. The van der Waals surface area contributed by atoms with E-state index in [9.17, 15) is 4.79 Å². The average molecular weight is 230 g/mol. The van der Waals surface area contributed by atoms with Crippen molar-refractivity contribution in [2.24, 2.45) is 0 Å². The molecule has 0 aromatic carbocycles. The summed E-state index contributed by atoms with van der Waals surface area (Å²) in [5, 5.41) is 2.55. The minimum Gasteiger partial charge on any atom is -0.537 e. The Balaban J connectivity index is 2.74. The maximum absolute atomic E-state index is 11.1. The number of rotatable bonds is 3. The molecule has 0 aliphatic rings. The van der Waals surface area contributed by atoms with Gasteiger partial charge in [0.05, 0.1) is 12.7 Å². The summed E-state index contributed by atoms with van der Waals surface area (Å²) in [4.78, 5) is 11.1. The van der Waals surface area contributed by atoms with Crippen molar-refractivity contribution in [2.45, 2.75) is 19.6 Å². The van der Waals surface area contributed by atoms with Gasteiger partial charge in [0.15, 0.2) is 5.06 Å². The molecule has 0 fully saturated rings. The van der Waals surface area contributed by atoms with Gasteiger partial charge in [0.25, 0.3) is 0 Å². The molecule has 0 aliphatic heterocycles. The molecule has 0 radical (unpaired) electrons. The van der Waals surface area contributed by atoms with E-state index in [2.05, 4.69) is 24.4 Å². The van der Waals surface area contributed by atoms with E-state index in [-0.39, 0.29) is 5.97 Å². The van der Waals surface area contributed by atoms with E-state index in [4.69, 9.17) is 4.43 Å². The Labute approximate surface area is 88.8 Å². The van der Waals surface area contributed by atoms with Gasteiger partial charge in [-0.3, -0.25) is 0 Å². The molecule has 0 bridgehead atoms. The van der Waals surface area contributed by atoms with Crippen LogP contribution < -0.4 is 4.43 Å². The van der Waals surface area contributed by atoms with E-state index in [0.717, 1.165) is 5.06 Å². The van der Waals surface area contributed by atoms with Crippen LogP contribution >= 0.6 is 11.3 Å². The Morgan fingerprint density at radius 1 is 1.43 bits per heavy atom. The molecule has 0 N–H and O–H groups in total. The van der Waals surface area contributed by atoms with E-state index in [0.29, 0.717) is 5.56 Å². The number of esters is 1. The van der Waals surface area contributed by atoms with Crippen LogP contribution in [0, 0.1) is 0 Å². The van der Waals surface area contributed by atoms with E-state index >= 15 is 0 Å². The van der Waals surface area contributed by atoms with Gasteiger partial charge in [-0.2, -0.15) is 0 Å². The fraction of sp³-hybridized carbons (Fsp3) is 0.444. The van der Waals surface area contributed by atoms with Crippen LogP contribution in [0.1, 0.15) is 10.4 Å². The van der Waals surface area contributed by atoms with Gasteiger partial charge in [-0.25, -0.2) is 4.79 Å². The summed E-state index contributed by atoms with van der Waals surface area (Å²) in [6, 6.07) is 1.73. The number of ether oxygens (including phenoxy) is 1. The Kier molecular flexibility index (Phi) is 3.33. The molecule has 1 aromatic heterocycles. The van der Waals surface area contributed by atoms with Gasteiger partial charge in [-0.1, -0.05) is 0 Å². The molecule has 0 atom stereocenters. The Hall–Kier alpha value is -0.813. The third-order valence-corrected chi connectivity index (χ3v) is 3.19. The lowest BCUT2D eigenvalue weighted by Crippen LogP contribution is -2.28. The maximum atomic E-state index is 11.1. The lowest BCUT2D eigenvalue weighted by atomic mass is 10.3. The molecule has 0 amide bonds. The number of hydrogen-bond donors (Lipinski definition) is 0. The highest BCUT2D eigenvalue weighted by Crippen LogP contribution is 2.26. The number of carbonyl (C=O) groups is 1. The zero-order valence-electron chi connectivity index (χ0n) is 8.79. The fourth-order valence-corrected chi connectivity index (χ4v) is 3.10. The van der Waals surface area contributed by atoms with Crippen molar-refractivity contribution in [3.05, 3.63) is 17.0 Å². The molecule has 1 aromatic rings. The van der Waals surface area contributed by atoms with E-state index in [1.165, 1.54) is 18.4 Å². The van der Waals surface area contributed by atoms with E-state index in [1.807, 2.05) is 0 Å². The summed E-state index contributed by atoms with van der Waals surface area (Å²) in [7, 11) is -0.197. The Morgan fingerprint density at radius 2 is 2.07 bits per heavy atom. The van der Waals surface area contributed by atoms with Crippen LogP contribution in [-0.2, 0) is 4.74 Å². The largest absolute Gasteiger partial charge is 0.537 e. The van der Waals surface area contributed by atoms with Gasteiger partial charge >= 0.3 is 5.97 Å². The first kappa shape index (κ1) is 11.3. The molecule has 14 heavy (non-hydrogen) atoms. The molecule has 0 unspecified atom stereocenters. The topological polar surface area (TPSA) is 35.5 Å². The standard InChI is InChI=1S/C9H14O3SSi/c1-11-9(10)7-5-8(13-6-7)12-14(2,3)4/h5-6H,1-4H3. The van der Waals surface area contributed by atoms with Crippen LogP contribution in [0.4, 0.5) is 0 Å². The van der Waals surface area contributed by atoms with E-state index in [1.54, 1.807) is 11.4 Å². The molecule has 3 nitrogen and oxygen atoms in total. The van der Waals surface area contributed by atoms with Crippen molar-refractivity contribution in [1.82, 2.24) is 0 Å². The monoisotopic (exact) mass is 230 g/mol. The molecule has 0 aliphatic carbocycles. The van der Waals surface area contributed by atoms with Crippen LogP contribution in [0.2, 0.25) is 19.6 Å². The van der Waals surface area contributed by atoms with Gasteiger partial charge in [0.1, 0.15) is 0 Å². The quantitative estimate of drug-likeness (QED) is 0.591. The lowest BCUT2D eigenvalue weighted by Gasteiger charge is -2.16. The molecule has 0 saturated carbocycles. The van der Waals surface area contributed by atoms with Crippen molar-refractivity contribution in [1.29, 1.82) is 0 Å². The molecular weight excluding hydrogens is 216 g/mol. The lowest BCUT2D eigenvalue weighted by molar-refractivity contribution is 0.0601. The first-order valence-corrected chi connectivity index (χ1v) is 8.57. The SMILES string of the molecule is COC(=O)c1csc(O[Si](C)(C)C)c1. The Morgan fingerprint density at radius 3 is 2.57 bits per heavy atom. The second kappa shape index (κ2) is 4.14. The maximum Gasteiger partial charge on any atom is 0.338 e. The minimum atomic E-state index is -1.57. The second-order valence-corrected chi connectivity index (χ2v) is 9.16. The molecule has 1 rings (SSSR count). The van der Waals surface area contributed by atoms with E-state index < -0.39 is 8.32 Å². The van der Waals surface area contributed by atoms with Crippen molar-refractivity contribution in [3.63, 3.8) is 0 Å². The van der Waals surface area contributed by atoms with Crippen molar-refractivity contribution < 1.29 is 14.0 Å². The van der Waals surface area contributed by atoms with Crippen molar-refractivity contribution in [2.75, 3.05) is 7.11 Å².